The second-order valence-corrected chi connectivity index (χ2v) is 5.40. The summed E-state index contributed by atoms with van der Waals surface area (Å²) >= 11 is 6.01. The molecule has 2 N–H and O–H groups in total. The summed E-state index contributed by atoms with van der Waals surface area (Å²) in [6.45, 7) is 4.17. The molecule has 1 atom stereocenters. The van der Waals surface area contributed by atoms with Crippen molar-refractivity contribution in [1.29, 1.82) is 0 Å². The molecule has 0 bridgehead atoms. The van der Waals surface area contributed by atoms with E-state index in [1.165, 1.54) is 7.11 Å². The van der Waals surface area contributed by atoms with Gasteiger partial charge in [-0.1, -0.05) is 43.6 Å². The molecule has 5 nitrogen and oxygen atoms in total. The summed E-state index contributed by atoms with van der Waals surface area (Å²) in [5, 5.41) is 6.27. The van der Waals surface area contributed by atoms with Gasteiger partial charge < -0.3 is 10.1 Å². The molecule has 0 aliphatic rings. The summed E-state index contributed by atoms with van der Waals surface area (Å²) in [5.41, 5.74) is 0.848. The second-order valence-electron chi connectivity index (χ2n) is 4.99. The fourth-order valence-electron chi connectivity index (χ4n) is 1.82. The normalized spacial score (nSPS) is 12.0. The van der Waals surface area contributed by atoms with E-state index in [1.807, 2.05) is 32.0 Å². The molecule has 1 aromatic carbocycles. The topological polar surface area (TPSA) is 67.4 Å². The first-order valence-electron chi connectivity index (χ1n) is 6.77. The van der Waals surface area contributed by atoms with Gasteiger partial charge in [-0.2, -0.15) is 0 Å². The lowest BCUT2D eigenvalue weighted by molar-refractivity contribution is -0.144. The van der Waals surface area contributed by atoms with E-state index in [2.05, 4.69) is 10.6 Å². The summed E-state index contributed by atoms with van der Waals surface area (Å²) in [7, 11) is 1.33. The van der Waals surface area contributed by atoms with E-state index in [0.717, 1.165) is 5.56 Å². The van der Waals surface area contributed by atoms with Crippen molar-refractivity contribution < 1.29 is 14.3 Å². The summed E-state index contributed by atoms with van der Waals surface area (Å²) in [4.78, 5) is 23.4. The van der Waals surface area contributed by atoms with E-state index in [0.29, 0.717) is 11.6 Å². The first-order chi connectivity index (χ1) is 9.95. The molecule has 0 aliphatic carbocycles. The van der Waals surface area contributed by atoms with Crippen molar-refractivity contribution in [2.75, 3.05) is 13.7 Å². The van der Waals surface area contributed by atoms with Crippen LogP contribution in [0, 0.1) is 5.92 Å². The van der Waals surface area contributed by atoms with Crippen LogP contribution in [0.5, 0.6) is 0 Å². The number of hydrogen-bond acceptors (Lipinski definition) is 4. The largest absolute Gasteiger partial charge is 0.468 e. The molecule has 0 saturated carbocycles. The average Bonchev–Trinajstić information content (AvgIpc) is 2.45. The van der Waals surface area contributed by atoms with E-state index in [4.69, 9.17) is 16.3 Å². The molecule has 0 heterocycles. The Morgan fingerprint density at radius 1 is 1.29 bits per heavy atom. The zero-order valence-electron chi connectivity index (χ0n) is 12.5. The van der Waals surface area contributed by atoms with E-state index < -0.39 is 6.04 Å². The van der Waals surface area contributed by atoms with Gasteiger partial charge >= 0.3 is 5.97 Å². The van der Waals surface area contributed by atoms with Gasteiger partial charge in [-0.05, 0) is 17.5 Å². The molecule has 0 radical (unpaired) electrons. The number of nitrogens with one attached hydrogen (secondary N) is 2. The third-order valence-corrected chi connectivity index (χ3v) is 3.41. The van der Waals surface area contributed by atoms with Gasteiger partial charge in [-0.15, -0.1) is 0 Å². The van der Waals surface area contributed by atoms with Crippen LogP contribution in [0.25, 0.3) is 0 Å². The molecule has 0 aliphatic heterocycles. The van der Waals surface area contributed by atoms with E-state index >= 15 is 0 Å². The minimum absolute atomic E-state index is 0.0359. The molecule has 1 amide bonds. The predicted octanol–water partition coefficient (Wildman–Crippen LogP) is 1.74. The molecular weight excluding hydrogens is 292 g/mol. The van der Waals surface area contributed by atoms with Crippen LogP contribution in [-0.2, 0) is 20.9 Å². The molecule has 0 aromatic heterocycles. The first-order valence-corrected chi connectivity index (χ1v) is 7.14. The highest BCUT2D eigenvalue weighted by Crippen LogP contribution is 2.14. The first kappa shape index (κ1) is 17.5. The van der Waals surface area contributed by atoms with Crippen LogP contribution >= 0.6 is 11.6 Å². The summed E-state index contributed by atoms with van der Waals surface area (Å²) in [6.07, 6.45) is 0. The number of methoxy groups -OCH3 is 1. The molecule has 1 unspecified atom stereocenters. The fourth-order valence-corrected chi connectivity index (χ4v) is 2.02. The molecule has 0 spiro atoms. The Kier molecular flexibility index (Phi) is 7.19. The molecule has 0 fully saturated rings. The number of hydrogen-bond donors (Lipinski definition) is 2. The zero-order chi connectivity index (χ0) is 15.8. The number of carbonyl (C=O) groups excluding carboxylic acids is 2. The number of halogens is 1. The van der Waals surface area contributed by atoms with Crippen LogP contribution in [0.3, 0.4) is 0 Å². The number of carbonyl (C=O) groups is 2. The van der Waals surface area contributed by atoms with Gasteiger partial charge in [-0.25, -0.2) is 0 Å². The maximum Gasteiger partial charge on any atom is 0.323 e. The van der Waals surface area contributed by atoms with Crippen LogP contribution in [0.4, 0.5) is 0 Å². The Hall–Kier alpha value is -1.59. The average molecular weight is 313 g/mol. The summed E-state index contributed by atoms with van der Waals surface area (Å²) < 4.78 is 4.70. The molecule has 1 rings (SSSR count). The molecule has 21 heavy (non-hydrogen) atoms. The smallest absolute Gasteiger partial charge is 0.323 e. The molecule has 1 aromatic rings. The fraction of sp³-hybridized carbons (Fsp3) is 0.467. The SMILES string of the molecule is COC(=O)C(NCC(=O)NCc1ccccc1Cl)C(C)C. The Morgan fingerprint density at radius 2 is 1.95 bits per heavy atom. The summed E-state index contributed by atoms with van der Waals surface area (Å²) in [6, 6.07) is 6.81. The maximum absolute atomic E-state index is 11.8. The van der Waals surface area contributed by atoms with E-state index in [-0.39, 0.29) is 24.3 Å². The van der Waals surface area contributed by atoms with Gasteiger partial charge in [0.1, 0.15) is 6.04 Å². The number of benzene rings is 1. The third-order valence-electron chi connectivity index (χ3n) is 3.04. The Morgan fingerprint density at radius 3 is 2.52 bits per heavy atom. The van der Waals surface area contributed by atoms with E-state index in [1.54, 1.807) is 6.07 Å². The lowest BCUT2D eigenvalue weighted by Crippen LogP contribution is -2.46. The zero-order valence-corrected chi connectivity index (χ0v) is 13.2. The van der Waals surface area contributed by atoms with Crippen molar-refractivity contribution in [3.63, 3.8) is 0 Å². The van der Waals surface area contributed by atoms with Crippen LogP contribution in [0.2, 0.25) is 5.02 Å². The van der Waals surface area contributed by atoms with E-state index in [9.17, 15) is 9.59 Å². The minimum atomic E-state index is -0.499. The third kappa shape index (κ3) is 5.73. The van der Waals surface area contributed by atoms with Gasteiger partial charge in [0.25, 0.3) is 0 Å². The number of ether oxygens (including phenoxy) is 1. The van der Waals surface area contributed by atoms with Crippen LogP contribution in [-0.4, -0.2) is 31.6 Å². The molecular formula is C15H21ClN2O3. The Labute approximate surface area is 130 Å². The number of amides is 1. The molecule has 116 valence electrons. The monoisotopic (exact) mass is 312 g/mol. The minimum Gasteiger partial charge on any atom is -0.468 e. The Balaban J connectivity index is 2.43. The van der Waals surface area contributed by atoms with Crippen molar-refractivity contribution in [3.05, 3.63) is 34.9 Å². The predicted molar refractivity (Wildman–Crippen MR) is 81.9 cm³/mol. The summed E-state index contributed by atoms with van der Waals surface area (Å²) in [5.74, 6) is -0.540. The van der Waals surface area contributed by atoms with Gasteiger partial charge in [0.05, 0.1) is 13.7 Å². The van der Waals surface area contributed by atoms with Gasteiger partial charge in [0.15, 0.2) is 0 Å². The van der Waals surface area contributed by atoms with Crippen molar-refractivity contribution in [3.8, 4) is 0 Å². The standard InChI is InChI=1S/C15H21ClN2O3/c1-10(2)14(15(20)21-3)18-9-13(19)17-8-11-6-4-5-7-12(11)16/h4-7,10,14,18H,8-9H2,1-3H3,(H,17,19). The Bertz CT molecular complexity index is 492. The van der Waals surface area contributed by atoms with Crippen molar-refractivity contribution in [2.45, 2.75) is 26.4 Å². The maximum atomic E-state index is 11.8. The van der Waals surface area contributed by atoms with Gasteiger partial charge in [-0.3, -0.25) is 14.9 Å². The van der Waals surface area contributed by atoms with Crippen molar-refractivity contribution in [1.82, 2.24) is 10.6 Å². The second kappa shape index (κ2) is 8.64. The van der Waals surface area contributed by atoms with Gasteiger partial charge in [0, 0.05) is 11.6 Å². The van der Waals surface area contributed by atoms with Crippen LogP contribution in [0.1, 0.15) is 19.4 Å². The van der Waals surface area contributed by atoms with Crippen molar-refractivity contribution in [2.24, 2.45) is 5.92 Å². The van der Waals surface area contributed by atoms with Crippen LogP contribution < -0.4 is 10.6 Å². The molecule has 6 heteroatoms. The highest BCUT2D eigenvalue weighted by Gasteiger charge is 2.22. The number of esters is 1. The number of rotatable bonds is 7. The van der Waals surface area contributed by atoms with Crippen LogP contribution in [0.15, 0.2) is 24.3 Å². The quantitative estimate of drug-likeness (QED) is 0.753. The molecule has 0 saturated heterocycles. The van der Waals surface area contributed by atoms with Crippen molar-refractivity contribution >= 4 is 23.5 Å². The van der Waals surface area contributed by atoms with Gasteiger partial charge in [0.2, 0.25) is 5.91 Å². The lowest BCUT2D eigenvalue weighted by atomic mass is 10.0. The highest BCUT2D eigenvalue weighted by atomic mass is 35.5. The highest BCUT2D eigenvalue weighted by molar-refractivity contribution is 6.31. The lowest BCUT2D eigenvalue weighted by Gasteiger charge is -2.19.